The van der Waals surface area contributed by atoms with Crippen molar-refractivity contribution in [1.29, 1.82) is 0 Å². The molecule has 1 unspecified atom stereocenters. The summed E-state index contributed by atoms with van der Waals surface area (Å²) in [7, 11) is 0. The molecule has 1 atom stereocenters. The molecule has 1 N–H and O–H groups in total. The second kappa shape index (κ2) is 6.41. The fourth-order valence-electron chi connectivity index (χ4n) is 1.74. The van der Waals surface area contributed by atoms with E-state index in [0.717, 1.165) is 19.4 Å². The van der Waals surface area contributed by atoms with E-state index < -0.39 is 0 Å². The minimum Gasteiger partial charge on any atom is -0.310 e. The number of hydrogen-bond acceptors (Lipinski definition) is 1. The summed E-state index contributed by atoms with van der Waals surface area (Å²) >= 11 is 0. The van der Waals surface area contributed by atoms with Gasteiger partial charge in [0.25, 0.3) is 0 Å². The van der Waals surface area contributed by atoms with Crippen molar-refractivity contribution in [3.63, 3.8) is 0 Å². The second-order valence-corrected chi connectivity index (χ2v) is 3.73. The third kappa shape index (κ3) is 3.52. The molecule has 1 rings (SSSR count). The lowest BCUT2D eigenvalue weighted by molar-refractivity contribution is 0.559. The molecular formula is C14H21N. The monoisotopic (exact) mass is 203 g/mol. The number of nitrogens with one attached hydrogen (secondary N) is 1. The Kier molecular flexibility index (Phi) is 5.13. The largest absolute Gasteiger partial charge is 0.310 e. The van der Waals surface area contributed by atoms with Gasteiger partial charge in [-0.2, -0.15) is 0 Å². The van der Waals surface area contributed by atoms with E-state index in [-0.39, 0.29) is 0 Å². The smallest absolute Gasteiger partial charge is 0.0354 e. The first-order chi connectivity index (χ1) is 7.31. The Morgan fingerprint density at radius 3 is 2.40 bits per heavy atom. The molecule has 15 heavy (non-hydrogen) atoms. The van der Waals surface area contributed by atoms with E-state index in [9.17, 15) is 0 Å². The van der Waals surface area contributed by atoms with Gasteiger partial charge in [-0.05, 0) is 30.5 Å². The molecule has 0 amide bonds. The molecule has 0 saturated carbocycles. The van der Waals surface area contributed by atoms with Crippen LogP contribution < -0.4 is 5.32 Å². The normalized spacial score (nSPS) is 12.4. The van der Waals surface area contributed by atoms with Gasteiger partial charge in [0, 0.05) is 6.04 Å². The minimum absolute atomic E-state index is 0.415. The van der Waals surface area contributed by atoms with Gasteiger partial charge in [-0.15, -0.1) is 6.58 Å². The molecule has 0 heterocycles. The first-order valence-corrected chi connectivity index (χ1v) is 5.74. The Morgan fingerprint density at radius 2 is 1.93 bits per heavy atom. The zero-order chi connectivity index (χ0) is 11.1. The molecule has 1 aromatic rings. The molecule has 1 heteroatoms. The van der Waals surface area contributed by atoms with Crippen LogP contribution in [-0.2, 0) is 6.42 Å². The van der Waals surface area contributed by atoms with Crippen LogP contribution in [0.1, 0.15) is 37.4 Å². The van der Waals surface area contributed by atoms with Crippen LogP contribution >= 0.6 is 0 Å². The van der Waals surface area contributed by atoms with E-state index in [1.54, 1.807) is 0 Å². The Morgan fingerprint density at radius 1 is 1.27 bits per heavy atom. The number of aryl methyl sites for hydroxylation is 1. The zero-order valence-electron chi connectivity index (χ0n) is 9.79. The molecule has 0 spiro atoms. The molecular weight excluding hydrogens is 182 g/mol. The van der Waals surface area contributed by atoms with Crippen molar-refractivity contribution in [1.82, 2.24) is 5.32 Å². The molecule has 0 aliphatic rings. The van der Waals surface area contributed by atoms with E-state index >= 15 is 0 Å². The first-order valence-electron chi connectivity index (χ1n) is 5.74. The van der Waals surface area contributed by atoms with Crippen molar-refractivity contribution >= 4 is 0 Å². The van der Waals surface area contributed by atoms with Crippen LogP contribution in [0.5, 0.6) is 0 Å². The van der Waals surface area contributed by atoms with Crippen molar-refractivity contribution in [2.24, 2.45) is 0 Å². The van der Waals surface area contributed by atoms with Gasteiger partial charge in [-0.3, -0.25) is 0 Å². The van der Waals surface area contributed by atoms with Crippen molar-refractivity contribution in [2.75, 3.05) is 6.54 Å². The van der Waals surface area contributed by atoms with Gasteiger partial charge in [-0.25, -0.2) is 0 Å². The van der Waals surface area contributed by atoms with Gasteiger partial charge in [0.15, 0.2) is 0 Å². The average Bonchev–Trinajstić information content (AvgIpc) is 2.29. The van der Waals surface area contributed by atoms with Crippen LogP contribution in [0.3, 0.4) is 0 Å². The Bertz CT molecular complexity index is 287. The lowest BCUT2D eigenvalue weighted by Gasteiger charge is -2.16. The summed E-state index contributed by atoms with van der Waals surface area (Å²) in [5, 5.41) is 3.47. The summed E-state index contributed by atoms with van der Waals surface area (Å²) in [6.07, 6.45) is 4.06. The SMILES string of the molecule is C=CCC(NCC)c1ccc(CC)cc1. The van der Waals surface area contributed by atoms with Crippen molar-refractivity contribution in [3.05, 3.63) is 48.0 Å². The maximum atomic E-state index is 3.80. The van der Waals surface area contributed by atoms with Crippen LogP contribution in [0.2, 0.25) is 0 Å². The summed E-state index contributed by atoms with van der Waals surface area (Å²) in [4.78, 5) is 0. The summed E-state index contributed by atoms with van der Waals surface area (Å²) in [5.41, 5.74) is 2.75. The van der Waals surface area contributed by atoms with Gasteiger partial charge in [0.05, 0.1) is 0 Å². The fourth-order valence-corrected chi connectivity index (χ4v) is 1.74. The molecule has 0 radical (unpaired) electrons. The molecule has 0 bridgehead atoms. The molecule has 0 aromatic heterocycles. The molecule has 1 nitrogen and oxygen atoms in total. The van der Waals surface area contributed by atoms with Crippen LogP contribution in [0.4, 0.5) is 0 Å². The Hall–Kier alpha value is -1.08. The highest BCUT2D eigenvalue weighted by molar-refractivity contribution is 5.25. The summed E-state index contributed by atoms with van der Waals surface area (Å²) in [5.74, 6) is 0. The number of hydrogen-bond donors (Lipinski definition) is 1. The van der Waals surface area contributed by atoms with Crippen molar-refractivity contribution in [2.45, 2.75) is 32.7 Å². The quantitative estimate of drug-likeness (QED) is 0.698. The topological polar surface area (TPSA) is 12.0 Å². The summed E-state index contributed by atoms with van der Waals surface area (Å²) in [6.45, 7) is 9.11. The summed E-state index contributed by atoms with van der Waals surface area (Å²) in [6, 6.07) is 9.27. The molecule has 82 valence electrons. The molecule has 0 saturated heterocycles. The van der Waals surface area contributed by atoms with Crippen LogP contribution in [0.15, 0.2) is 36.9 Å². The minimum atomic E-state index is 0.415. The highest BCUT2D eigenvalue weighted by Gasteiger charge is 2.07. The van der Waals surface area contributed by atoms with E-state index in [0.29, 0.717) is 6.04 Å². The molecule has 0 aliphatic carbocycles. The van der Waals surface area contributed by atoms with E-state index in [1.807, 2.05) is 6.08 Å². The van der Waals surface area contributed by atoms with Gasteiger partial charge in [0.2, 0.25) is 0 Å². The van der Waals surface area contributed by atoms with Gasteiger partial charge in [-0.1, -0.05) is 44.2 Å². The summed E-state index contributed by atoms with van der Waals surface area (Å²) < 4.78 is 0. The van der Waals surface area contributed by atoms with E-state index in [2.05, 4.69) is 50.0 Å². The lowest BCUT2D eigenvalue weighted by Crippen LogP contribution is -2.20. The standard InChI is InChI=1S/C14H21N/c1-4-7-14(15-6-3)13-10-8-12(5-2)9-11-13/h4,8-11,14-15H,1,5-7H2,2-3H3. The predicted molar refractivity (Wildman–Crippen MR) is 67.1 cm³/mol. The Balaban J connectivity index is 2.76. The highest BCUT2D eigenvalue weighted by atomic mass is 14.9. The first kappa shape index (κ1) is 12.0. The van der Waals surface area contributed by atoms with Crippen LogP contribution in [0.25, 0.3) is 0 Å². The predicted octanol–water partition coefficient (Wildman–Crippen LogP) is 3.48. The third-order valence-corrected chi connectivity index (χ3v) is 2.64. The highest BCUT2D eigenvalue weighted by Crippen LogP contribution is 2.17. The average molecular weight is 203 g/mol. The molecule has 1 aromatic carbocycles. The van der Waals surface area contributed by atoms with Crippen molar-refractivity contribution in [3.8, 4) is 0 Å². The number of benzene rings is 1. The maximum absolute atomic E-state index is 3.80. The van der Waals surface area contributed by atoms with E-state index in [4.69, 9.17) is 0 Å². The van der Waals surface area contributed by atoms with Gasteiger partial charge < -0.3 is 5.32 Å². The van der Waals surface area contributed by atoms with Gasteiger partial charge in [0.1, 0.15) is 0 Å². The molecule has 0 fully saturated rings. The van der Waals surface area contributed by atoms with Crippen molar-refractivity contribution < 1.29 is 0 Å². The Labute approximate surface area is 93.2 Å². The fraction of sp³-hybridized carbons (Fsp3) is 0.429. The second-order valence-electron chi connectivity index (χ2n) is 3.73. The van der Waals surface area contributed by atoms with Gasteiger partial charge >= 0.3 is 0 Å². The molecule has 0 aliphatic heterocycles. The van der Waals surface area contributed by atoms with Crippen LogP contribution in [0, 0.1) is 0 Å². The van der Waals surface area contributed by atoms with E-state index in [1.165, 1.54) is 11.1 Å². The maximum Gasteiger partial charge on any atom is 0.0354 e. The number of rotatable bonds is 6. The van der Waals surface area contributed by atoms with Crippen LogP contribution in [-0.4, -0.2) is 6.54 Å². The zero-order valence-corrected chi connectivity index (χ0v) is 9.79. The lowest BCUT2D eigenvalue weighted by atomic mass is 10.0. The third-order valence-electron chi connectivity index (χ3n) is 2.64.